The third-order valence-corrected chi connectivity index (χ3v) is 8.73. The van der Waals surface area contributed by atoms with E-state index in [0.29, 0.717) is 30.8 Å². The molecule has 2 aromatic carbocycles. The molecule has 2 aliphatic rings. The van der Waals surface area contributed by atoms with Gasteiger partial charge in [-0.05, 0) is 67.3 Å². The van der Waals surface area contributed by atoms with Gasteiger partial charge in [0.05, 0.1) is 15.5 Å². The average molecular weight is 410 g/mol. The molecular weight excluding hydrogens is 391 g/mol. The summed E-state index contributed by atoms with van der Waals surface area (Å²) in [7, 11) is -7.37. The lowest BCUT2D eigenvalue weighted by Gasteiger charge is -2.20. The van der Waals surface area contributed by atoms with Gasteiger partial charge in [0.2, 0.25) is 10.0 Å². The van der Waals surface area contributed by atoms with Crippen LogP contribution >= 0.6 is 0 Å². The Balaban J connectivity index is 1.68. The Morgan fingerprint density at radius 1 is 0.778 bits per heavy atom. The second-order valence-corrected chi connectivity index (χ2v) is 10.5. The van der Waals surface area contributed by atoms with Crippen LogP contribution in [0.5, 0.6) is 0 Å². The molecule has 144 valence electrons. The van der Waals surface area contributed by atoms with E-state index in [2.05, 4.69) is 0 Å². The van der Waals surface area contributed by atoms with E-state index in [1.54, 1.807) is 12.1 Å². The molecule has 2 aliphatic heterocycles. The van der Waals surface area contributed by atoms with Gasteiger partial charge in [0.1, 0.15) is 5.82 Å². The highest BCUT2D eigenvalue weighted by Gasteiger charge is 2.33. The minimum atomic E-state index is -3.83. The van der Waals surface area contributed by atoms with Crippen LogP contribution in [0.4, 0.5) is 10.1 Å². The first-order valence-electron chi connectivity index (χ1n) is 8.71. The molecule has 2 heterocycles. The van der Waals surface area contributed by atoms with E-state index in [-0.39, 0.29) is 16.3 Å². The molecule has 9 heteroatoms. The monoisotopic (exact) mass is 410 g/mol. The Labute approximate surface area is 158 Å². The van der Waals surface area contributed by atoms with Crippen LogP contribution in [0.3, 0.4) is 0 Å². The molecule has 1 saturated heterocycles. The maximum Gasteiger partial charge on any atom is 0.264 e. The molecule has 0 atom stereocenters. The van der Waals surface area contributed by atoms with Gasteiger partial charge in [0.25, 0.3) is 10.0 Å². The van der Waals surface area contributed by atoms with Crippen molar-refractivity contribution in [3.8, 4) is 0 Å². The Morgan fingerprint density at radius 3 is 2.07 bits per heavy atom. The van der Waals surface area contributed by atoms with Crippen molar-refractivity contribution in [2.45, 2.75) is 29.1 Å². The molecule has 0 amide bonds. The number of hydrogen-bond acceptors (Lipinski definition) is 4. The number of sulfonamides is 2. The largest absolute Gasteiger partial charge is 0.266 e. The quantitative estimate of drug-likeness (QED) is 0.776. The second kappa shape index (κ2) is 6.57. The minimum Gasteiger partial charge on any atom is -0.266 e. The number of benzene rings is 2. The Kier molecular flexibility index (Phi) is 4.48. The van der Waals surface area contributed by atoms with Gasteiger partial charge in [-0.3, -0.25) is 4.31 Å². The summed E-state index contributed by atoms with van der Waals surface area (Å²) < 4.78 is 67.0. The Morgan fingerprint density at radius 2 is 1.41 bits per heavy atom. The van der Waals surface area contributed by atoms with Gasteiger partial charge in [0.15, 0.2) is 0 Å². The summed E-state index contributed by atoms with van der Waals surface area (Å²) in [5.74, 6) is -0.507. The van der Waals surface area contributed by atoms with Crippen LogP contribution in [-0.2, 0) is 26.5 Å². The minimum absolute atomic E-state index is 0.00511. The van der Waals surface area contributed by atoms with Crippen LogP contribution in [0.25, 0.3) is 0 Å². The number of anilines is 1. The Hall–Kier alpha value is -1.97. The van der Waals surface area contributed by atoms with E-state index >= 15 is 0 Å². The van der Waals surface area contributed by atoms with E-state index in [1.807, 2.05) is 0 Å². The van der Waals surface area contributed by atoms with Gasteiger partial charge in [-0.25, -0.2) is 21.2 Å². The standard InChI is InChI=1S/C18H19FN2O4S2/c19-15-3-5-16(6-4-15)27(24,25)21-12-9-14-13-17(7-8-18(14)21)26(22,23)20-10-1-2-11-20/h3-8,13H,1-2,9-12H2. The third kappa shape index (κ3) is 3.13. The van der Waals surface area contributed by atoms with Crippen molar-refractivity contribution in [3.63, 3.8) is 0 Å². The molecule has 0 spiro atoms. The molecule has 4 rings (SSSR count). The first kappa shape index (κ1) is 18.4. The van der Waals surface area contributed by atoms with Crippen molar-refractivity contribution in [2.24, 2.45) is 0 Å². The van der Waals surface area contributed by atoms with Crippen molar-refractivity contribution < 1.29 is 21.2 Å². The molecule has 0 bridgehead atoms. The molecule has 27 heavy (non-hydrogen) atoms. The van der Waals surface area contributed by atoms with Crippen LogP contribution in [0.1, 0.15) is 18.4 Å². The SMILES string of the molecule is O=S(=O)(c1ccc2c(c1)CCN2S(=O)(=O)c1ccc(F)cc1)N1CCCC1. The van der Waals surface area contributed by atoms with Gasteiger partial charge in [-0.2, -0.15) is 4.31 Å². The Bertz CT molecular complexity index is 1080. The average Bonchev–Trinajstić information content (AvgIpc) is 3.32. The number of fused-ring (bicyclic) bond motifs is 1. The van der Waals surface area contributed by atoms with E-state index in [1.165, 1.54) is 26.8 Å². The topological polar surface area (TPSA) is 74.8 Å². The lowest BCUT2D eigenvalue weighted by molar-refractivity contribution is 0.477. The van der Waals surface area contributed by atoms with Gasteiger partial charge >= 0.3 is 0 Å². The van der Waals surface area contributed by atoms with Crippen molar-refractivity contribution in [3.05, 3.63) is 53.8 Å². The second-order valence-electron chi connectivity index (χ2n) is 6.68. The maximum atomic E-state index is 13.1. The number of halogens is 1. The van der Waals surface area contributed by atoms with Crippen molar-refractivity contribution in [1.82, 2.24) is 4.31 Å². The molecule has 6 nitrogen and oxygen atoms in total. The van der Waals surface area contributed by atoms with Crippen molar-refractivity contribution in [1.29, 1.82) is 0 Å². The summed E-state index contributed by atoms with van der Waals surface area (Å²) in [5.41, 5.74) is 1.15. The van der Waals surface area contributed by atoms with Crippen LogP contribution in [0, 0.1) is 5.82 Å². The lowest BCUT2D eigenvalue weighted by atomic mass is 10.2. The molecule has 0 aromatic heterocycles. The molecule has 0 saturated carbocycles. The highest BCUT2D eigenvalue weighted by atomic mass is 32.2. The van der Waals surface area contributed by atoms with Crippen molar-refractivity contribution >= 4 is 25.7 Å². The number of hydrogen-bond donors (Lipinski definition) is 0. The third-order valence-electron chi connectivity index (χ3n) is 5.01. The van der Waals surface area contributed by atoms with E-state index in [0.717, 1.165) is 25.0 Å². The van der Waals surface area contributed by atoms with Crippen molar-refractivity contribution in [2.75, 3.05) is 23.9 Å². The van der Waals surface area contributed by atoms with Crippen LogP contribution in [-0.4, -0.2) is 40.8 Å². The lowest BCUT2D eigenvalue weighted by Crippen LogP contribution is -2.29. The summed E-state index contributed by atoms with van der Waals surface area (Å²) in [6.07, 6.45) is 2.14. The smallest absolute Gasteiger partial charge is 0.264 e. The van der Waals surface area contributed by atoms with Gasteiger partial charge < -0.3 is 0 Å². The predicted molar refractivity (Wildman–Crippen MR) is 99.1 cm³/mol. The summed E-state index contributed by atoms with van der Waals surface area (Å²) in [4.78, 5) is 0.203. The molecule has 0 unspecified atom stereocenters. The summed E-state index contributed by atoms with van der Waals surface area (Å²) in [5, 5.41) is 0. The highest BCUT2D eigenvalue weighted by molar-refractivity contribution is 7.92. The fourth-order valence-electron chi connectivity index (χ4n) is 3.57. The molecule has 0 aliphatic carbocycles. The first-order chi connectivity index (χ1) is 12.8. The first-order valence-corrected chi connectivity index (χ1v) is 11.6. The van der Waals surface area contributed by atoms with E-state index in [4.69, 9.17) is 0 Å². The molecule has 2 aromatic rings. The number of nitrogens with zero attached hydrogens (tertiary/aromatic N) is 2. The van der Waals surface area contributed by atoms with E-state index < -0.39 is 25.9 Å². The van der Waals surface area contributed by atoms with Crippen LogP contribution in [0.15, 0.2) is 52.3 Å². The molecular formula is C18H19FN2O4S2. The van der Waals surface area contributed by atoms with Crippen LogP contribution in [0.2, 0.25) is 0 Å². The summed E-state index contributed by atoms with van der Waals surface area (Å²) >= 11 is 0. The fourth-order valence-corrected chi connectivity index (χ4v) is 6.64. The normalized spacial score (nSPS) is 18.0. The van der Waals surface area contributed by atoms with Gasteiger partial charge in [-0.1, -0.05) is 0 Å². The van der Waals surface area contributed by atoms with Gasteiger partial charge in [-0.15, -0.1) is 0 Å². The zero-order valence-electron chi connectivity index (χ0n) is 14.5. The van der Waals surface area contributed by atoms with Gasteiger partial charge in [0, 0.05) is 19.6 Å². The molecule has 0 N–H and O–H groups in total. The fraction of sp³-hybridized carbons (Fsp3) is 0.333. The van der Waals surface area contributed by atoms with E-state index in [9.17, 15) is 21.2 Å². The molecule has 1 fully saturated rings. The summed E-state index contributed by atoms with van der Waals surface area (Å²) in [6, 6.07) is 9.26. The number of rotatable bonds is 4. The highest BCUT2D eigenvalue weighted by Crippen LogP contribution is 2.35. The zero-order valence-corrected chi connectivity index (χ0v) is 16.1. The predicted octanol–water partition coefficient (Wildman–Crippen LogP) is 2.36. The maximum absolute atomic E-state index is 13.1. The molecule has 0 radical (unpaired) electrons. The zero-order chi connectivity index (χ0) is 19.2. The summed E-state index contributed by atoms with van der Waals surface area (Å²) in [6.45, 7) is 1.26. The van der Waals surface area contributed by atoms with Crippen LogP contribution < -0.4 is 4.31 Å².